The highest BCUT2D eigenvalue weighted by Gasteiger charge is 2.05. The molecule has 104 valence electrons. The smallest absolute Gasteiger partial charge is 0.266 e. The van der Waals surface area contributed by atoms with Crippen molar-refractivity contribution in [1.82, 2.24) is 10.4 Å². The van der Waals surface area contributed by atoms with Crippen LogP contribution in [0.25, 0.3) is 0 Å². The summed E-state index contributed by atoms with van der Waals surface area (Å²) in [6.45, 7) is 0. The van der Waals surface area contributed by atoms with E-state index >= 15 is 0 Å². The summed E-state index contributed by atoms with van der Waals surface area (Å²) < 4.78 is 0. The molecule has 0 radical (unpaired) electrons. The molecule has 1 aromatic carbocycles. The fraction of sp³-hybridized carbons (Fsp3) is 0.0769. The topological polar surface area (TPSA) is 94.0 Å². The Kier molecular flexibility index (Phi) is 4.84. The van der Waals surface area contributed by atoms with E-state index in [0.29, 0.717) is 22.0 Å². The highest BCUT2D eigenvalue weighted by molar-refractivity contribution is 7.98. The van der Waals surface area contributed by atoms with Gasteiger partial charge in [0, 0.05) is 16.8 Å². The fourth-order valence-corrected chi connectivity index (χ4v) is 2.58. The van der Waals surface area contributed by atoms with E-state index in [4.69, 9.17) is 23.2 Å². The maximum atomic E-state index is 11.3. The van der Waals surface area contributed by atoms with Crippen molar-refractivity contribution in [3.63, 3.8) is 0 Å². The Hall–Kier alpha value is -1.76. The average Bonchev–Trinajstić information content (AvgIpc) is 2.48. The Labute approximate surface area is 125 Å². The number of nitrogens with two attached hydrogens (primary N) is 2. The summed E-state index contributed by atoms with van der Waals surface area (Å²) in [4.78, 5) is 16.5. The Morgan fingerprint density at radius 1 is 1.35 bits per heavy atom. The molecule has 0 spiro atoms. The second-order valence-corrected chi connectivity index (χ2v) is 5.44. The number of anilines is 1. The zero-order chi connectivity index (χ0) is 14.5. The molecule has 7 heteroatoms. The molecule has 2 aromatic rings. The van der Waals surface area contributed by atoms with Crippen LogP contribution in [0.1, 0.15) is 16.1 Å². The van der Waals surface area contributed by atoms with E-state index in [-0.39, 0.29) is 5.91 Å². The first-order chi connectivity index (χ1) is 9.60. The number of nitrogen functional groups attached to an aromatic ring is 2. The zero-order valence-corrected chi connectivity index (χ0v) is 12.0. The van der Waals surface area contributed by atoms with E-state index in [1.54, 1.807) is 30.0 Å². The van der Waals surface area contributed by atoms with E-state index < -0.39 is 0 Å². The lowest BCUT2D eigenvalue weighted by atomic mass is 10.2. The molecule has 1 amide bonds. The molecule has 0 saturated heterocycles. The number of nitrogens with one attached hydrogen (secondary N) is 1. The first-order valence-corrected chi connectivity index (χ1v) is 7.10. The molecule has 1 heterocycles. The van der Waals surface area contributed by atoms with Crippen molar-refractivity contribution in [3.05, 3.63) is 52.8 Å². The monoisotopic (exact) mass is 308 g/mol. The number of halogens is 1. The molecule has 20 heavy (non-hydrogen) atoms. The third-order valence-electron chi connectivity index (χ3n) is 2.58. The number of pyridine rings is 1. The molecule has 0 bridgehead atoms. The lowest BCUT2D eigenvalue weighted by Crippen LogP contribution is -2.30. The lowest BCUT2D eigenvalue weighted by Gasteiger charge is -2.04. The molecule has 0 saturated carbocycles. The van der Waals surface area contributed by atoms with Gasteiger partial charge in [-0.3, -0.25) is 15.2 Å². The van der Waals surface area contributed by atoms with E-state index in [9.17, 15) is 4.79 Å². The molecule has 0 atom stereocenters. The van der Waals surface area contributed by atoms with Gasteiger partial charge in [-0.2, -0.15) is 0 Å². The average molecular weight is 309 g/mol. The van der Waals surface area contributed by atoms with Crippen LogP contribution in [0.4, 0.5) is 5.69 Å². The van der Waals surface area contributed by atoms with Crippen molar-refractivity contribution in [3.8, 4) is 0 Å². The number of thioether (sulfide) groups is 1. The normalized spacial score (nSPS) is 10.3. The molecule has 0 unspecified atom stereocenters. The Bertz CT molecular complexity index is 618. The van der Waals surface area contributed by atoms with Gasteiger partial charge in [0.05, 0.1) is 22.0 Å². The van der Waals surface area contributed by atoms with Crippen LogP contribution >= 0.6 is 23.4 Å². The maximum absolute atomic E-state index is 11.3. The number of nitrogens with zero attached hydrogens (tertiary/aromatic N) is 1. The standard InChI is InChI=1S/C13H13ClN4OS/c14-11-5-10(3-4-12(11)15)20-7-9-2-1-8(6-17-9)13(19)18-16/h1-6H,7,15-16H2,(H,18,19). The van der Waals surface area contributed by atoms with Crippen LogP contribution in [-0.2, 0) is 5.75 Å². The van der Waals surface area contributed by atoms with Gasteiger partial charge in [-0.15, -0.1) is 11.8 Å². The fourth-order valence-electron chi connectivity index (χ4n) is 1.48. The van der Waals surface area contributed by atoms with Crippen LogP contribution in [0.15, 0.2) is 41.4 Å². The number of rotatable bonds is 4. The quantitative estimate of drug-likeness (QED) is 0.265. The van der Waals surface area contributed by atoms with Gasteiger partial charge in [-0.1, -0.05) is 11.6 Å². The number of hydrogen-bond donors (Lipinski definition) is 3. The number of carbonyl (C=O) groups excluding carboxylic acids is 1. The van der Waals surface area contributed by atoms with Crippen molar-refractivity contribution in [2.45, 2.75) is 10.6 Å². The van der Waals surface area contributed by atoms with Gasteiger partial charge < -0.3 is 5.73 Å². The van der Waals surface area contributed by atoms with Gasteiger partial charge >= 0.3 is 0 Å². The van der Waals surface area contributed by atoms with Crippen LogP contribution in [-0.4, -0.2) is 10.9 Å². The number of carbonyl (C=O) groups is 1. The molecule has 0 aliphatic carbocycles. The minimum atomic E-state index is -0.359. The molecule has 0 fully saturated rings. The van der Waals surface area contributed by atoms with Crippen LogP contribution in [0.2, 0.25) is 5.02 Å². The summed E-state index contributed by atoms with van der Waals surface area (Å²) >= 11 is 7.55. The van der Waals surface area contributed by atoms with Crippen LogP contribution in [0.3, 0.4) is 0 Å². The second-order valence-electron chi connectivity index (χ2n) is 3.98. The number of hydrogen-bond acceptors (Lipinski definition) is 5. The number of benzene rings is 1. The second kappa shape index (κ2) is 6.60. The SMILES string of the molecule is NNC(=O)c1ccc(CSc2ccc(N)c(Cl)c2)nc1. The molecule has 0 aliphatic heterocycles. The van der Waals surface area contributed by atoms with Crippen molar-refractivity contribution >= 4 is 35.0 Å². The molecular weight excluding hydrogens is 296 g/mol. The molecular formula is C13H13ClN4OS. The summed E-state index contributed by atoms with van der Waals surface area (Å²) in [5.41, 5.74) is 9.56. The summed E-state index contributed by atoms with van der Waals surface area (Å²) in [6.07, 6.45) is 1.49. The predicted octanol–water partition coefficient (Wildman–Crippen LogP) is 2.21. The van der Waals surface area contributed by atoms with E-state index in [1.165, 1.54) is 6.20 Å². The molecule has 1 aromatic heterocycles. The minimum absolute atomic E-state index is 0.359. The van der Waals surface area contributed by atoms with Crippen LogP contribution < -0.4 is 17.0 Å². The van der Waals surface area contributed by atoms with Crippen molar-refractivity contribution < 1.29 is 4.79 Å². The van der Waals surface area contributed by atoms with Crippen molar-refractivity contribution in [2.75, 3.05) is 5.73 Å². The Balaban J connectivity index is 2.00. The first-order valence-electron chi connectivity index (χ1n) is 5.74. The van der Waals surface area contributed by atoms with Crippen molar-refractivity contribution in [2.24, 2.45) is 5.84 Å². The summed E-state index contributed by atoms with van der Waals surface area (Å²) in [5.74, 6) is 5.36. The lowest BCUT2D eigenvalue weighted by molar-refractivity contribution is 0.0953. The van der Waals surface area contributed by atoms with Gasteiger partial charge in [0.1, 0.15) is 0 Å². The zero-order valence-electron chi connectivity index (χ0n) is 10.5. The van der Waals surface area contributed by atoms with Gasteiger partial charge in [-0.05, 0) is 30.3 Å². The highest BCUT2D eigenvalue weighted by Crippen LogP contribution is 2.28. The van der Waals surface area contributed by atoms with E-state index in [2.05, 4.69) is 10.4 Å². The largest absolute Gasteiger partial charge is 0.398 e. The maximum Gasteiger partial charge on any atom is 0.266 e. The summed E-state index contributed by atoms with van der Waals surface area (Å²) in [6, 6.07) is 8.96. The number of aromatic nitrogens is 1. The van der Waals surface area contributed by atoms with Gasteiger partial charge in [-0.25, -0.2) is 5.84 Å². The van der Waals surface area contributed by atoms with E-state index in [0.717, 1.165) is 10.6 Å². The molecule has 0 aliphatic rings. The van der Waals surface area contributed by atoms with Crippen LogP contribution in [0, 0.1) is 0 Å². The predicted molar refractivity (Wildman–Crippen MR) is 81.3 cm³/mol. The van der Waals surface area contributed by atoms with Crippen LogP contribution in [0.5, 0.6) is 0 Å². The number of amides is 1. The number of hydrazine groups is 1. The van der Waals surface area contributed by atoms with E-state index in [1.807, 2.05) is 12.1 Å². The molecule has 5 nitrogen and oxygen atoms in total. The highest BCUT2D eigenvalue weighted by atomic mass is 35.5. The Morgan fingerprint density at radius 2 is 2.15 bits per heavy atom. The summed E-state index contributed by atoms with van der Waals surface area (Å²) in [7, 11) is 0. The van der Waals surface area contributed by atoms with Gasteiger partial charge in [0.25, 0.3) is 5.91 Å². The molecule has 2 rings (SSSR count). The first kappa shape index (κ1) is 14.6. The Morgan fingerprint density at radius 3 is 2.75 bits per heavy atom. The third-order valence-corrected chi connectivity index (χ3v) is 3.93. The van der Waals surface area contributed by atoms with Gasteiger partial charge in [0.2, 0.25) is 0 Å². The van der Waals surface area contributed by atoms with Crippen molar-refractivity contribution in [1.29, 1.82) is 0 Å². The summed E-state index contributed by atoms with van der Waals surface area (Å²) in [5, 5.41) is 0.540. The van der Waals surface area contributed by atoms with Gasteiger partial charge in [0.15, 0.2) is 0 Å². The third kappa shape index (κ3) is 3.63. The molecule has 5 N–H and O–H groups in total. The minimum Gasteiger partial charge on any atom is -0.398 e.